The highest BCUT2D eigenvalue weighted by atomic mass is 79.9. The summed E-state index contributed by atoms with van der Waals surface area (Å²) in [5.41, 5.74) is 1.63. The second kappa shape index (κ2) is 5.51. The van der Waals surface area contributed by atoms with Gasteiger partial charge in [0.1, 0.15) is 0 Å². The average molecular weight is 298 g/mol. The zero-order valence-corrected chi connectivity index (χ0v) is 12.1. The number of hydrogen-bond acceptors (Lipinski definition) is 2. The highest BCUT2D eigenvalue weighted by molar-refractivity contribution is 9.10. The molecule has 0 aliphatic carbocycles. The highest BCUT2D eigenvalue weighted by Gasteiger charge is 2.37. The molecule has 0 saturated carbocycles. The van der Waals surface area contributed by atoms with Gasteiger partial charge in [0.2, 0.25) is 0 Å². The number of piperidine rings is 1. The lowest BCUT2D eigenvalue weighted by atomic mass is 9.70. The summed E-state index contributed by atoms with van der Waals surface area (Å²) in [5, 5.41) is 3.50. The van der Waals surface area contributed by atoms with Gasteiger partial charge in [0.25, 0.3) is 0 Å². The molecule has 2 rings (SSSR count). The van der Waals surface area contributed by atoms with E-state index in [4.69, 9.17) is 4.74 Å². The Kier molecular flexibility index (Phi) is 4.23. The van der Waals surface area contributed by atoms with Gasteiger partial charge in [-0.2, -0.15) is 0 Å². The van der Waals surface area contributed by atoms with Gasteiger partial charge in [0.05, 0.1) is 6.61 Å². The van der Waals surface area contributed by atoms with Crippen molar-refractivity contribution in [3.05, 3.63) is 34.3 Å². The van der Waals surface area contributed by atoms with E-state index >= 15 is 0 Å². The Morgan fingerprint density at radius 1 is 1.53 bits per heavy atom. The Morgan fingerprint density at radius 2 is 2.35 bits per heavy atom. The molecule has 0 spiro atoms. The minimum absolute atomic E-state index is 0.237. The molecule has 3 heteroatoms. The molecule has 1 saturated heterocycles. The molecule has 17 heavy (non-hydrogen) atoms. The van der Waals surface area contributed by atoms with Crippen molar-refractivity contribution < 1.29 is 4.74 Å². The smallest absolute Gasteiger partial charge is 0.0522 e. The van der Waals surface area contributed by atoms with Crippen LogP contribution in [0.3, 0.4) is 0 Å². The maximum absolute atomic E-state index is 5.43. The summed E-state index contributed by atoms with van der Waals surface area (Å²) in [7, 11) is 1.80. The number of halogens is 1. The predicted molar refractivity (Wildman–Crippen MR) is 74.4 cm³/mol. The van der Waals surface area contributed by atoms with E-state index in [9.17, 15) is 0 Å². The Balaban J connectivity index is 2.27. The number of hydrogen-bond donors (Lipinski definition) is 1. The van der Waals surface area contributed by atoms with Crippen LogP contribution >= 0.6 is 15.9 Å². The quantitative estimate of drug-likeness (QED) is 0.925. The van der Waals surface area contributed by atoms with Crippen LogP contribution in [0.25, 0.3) is 0 Å². The lowest BCUT2D eigenvalue weighted by molar-refractivity contribution is 0.0509. The third kappa shape index (κ3) is 2.90. The predicted octanol–water partition coefficient (Wildman–Crippen LogP) is 3.18. The molecule has 94 valence electrons. The van der Waals surface area contributed by atoms with E-state index in [1.807, 2.05) is 0 Å². The van der Waals surface area contributed by atoms with E-state index in [-0.39, 0.29) is 5.41 Å². The first kappa shape index (κ1) is 13.1. The molecule has 0 radical (unpaired) electrons. The first-order valence-corrected chi connectivity index (χ1v) is 6.90. The van der Waals surface area contributed by atoms with Gasteiger partial charge >= 0.3 is 0 Å². The van der Waals surface area contributed by atoms with Gasteiger partial charge in [0.15, 0.2) is 0 Å². The van der Waals surface area contributed by atoms with Gasteiger partial charge in [-0.05, 0) is 30.7 Å². The SMILES string of the molecule is COCC1(C)CCNCC1c1cccc(Br)c1. The lowest BCUT2D eigenvalue weighted by Gasteiger charge is -2.41. The Morgan fingerprint density at radius 3 is 3.06 bits per heavy atom. The largest absolute Gasteiger partial charge is 0.384 e. The second-order valence-corrected chi connectivity index (χ2v) is 6.06. The van der Waals surface area contributed by atoms with Crippen molar-refractivity contribution in [3.63, 3.8) is 0 Å². The van der Waals surface area contributed by atoms with Crippen molar-refractivity contribution in [2.24, 2.45) is 5.41 Å². The molecule has 2 atom stereocenters. The van der Waals surface area contributed by atoms with Crippen LogP contribution < -0.4 is 5.32 Å². The molecule has 2 unspecified atom stereocenters. The summed E-state index contributed by atoms with van der Waals surface area (Å²) < 4.78 is 6.58. The van der Waals surface area contributed by atoms with E-state index < -0.39 is 0 Å². The third-order valence-corrected chi connectivity index (χ3v) is 4.28. The monoisotopic (exact) mass is 297 g/mol. The first-order valence-electron chi connectivity index (χ1n) is 6.11. The van der Waals surface area contributed by atoms with Gasteiger partial charge in [-0.15, -0.1) is 0 Å². The molecule has 0 amide bonds. The van der Waals surface area contributed by atoms with Crippen LogP contribution in [0.2, 0.25) is 0 Å². The van der Waals surface area contributed by atoms with Gasteiger partial charge in [0, 0.05) is 29.5 Å². The fourth-order valence-electron chi connectivity index (χ4n) is 2.79. The highest BCUT2D eigenvalue weighted by Crippen LogP contribution is 2.41. The number of nitrogens with one attached hydrogen (secondary N) is 1. The molecule has 1 aromatic rings. The fourth-order valence-corrected chi connectivity index (χ4v) is 3.20. The van der Waals surface area contributed by atoms with Crippen molar-refractivity contribution in [2.45, 2.75) is 19.3 Å². The number of ether oxygens (including phenoxy) is 1. The summed E-state index contributed by atoms with van der Waals surface area (Å²) in [4.78, 5) is 0. The van der Waals surface area contributed by atoms with E-state index in [2.05, 4.69) is 52.4 Å². The van der Waals surface area contributed by atoms with E-state index in [1.165, 1.54) is 5.56 Å². The van der Waals surface area contributed by atoms with E-state index in [0.717, 1.165) is 30.6 Å². The normalized spacial score (nSPS) is 29.2. The molecular formula is C14H20BrNO. The summed E-state index contributed by atoms with van der Waals surface area (Å²) >= 11 is 3.55. The molecule has 1 aromatic carbocycles. The average Bonchev–Trinajstić information content (AvgIpc) is 2.29. The molecule has 2 nitrogen and oxygen atoms in total. The fraction of sp³-hybridized carbons (Fsp3) is 0.571. The standard InChI is InChI=1S/C14H20BrNO/c1-14(10-17-2)6-7-16-9-13(14)11-4-3-5-12(15)8-11/h3-5,8,13,16H,6-7,9-10H2,1-2H3. The van der Waals surface area contributed by atoms with Crippen molar-refractivity contribution in [1.29, 1.82) is 0 Å². The summed E-state index contributed by atoms with van der Waals surface area (Å²) in [6.45, 7) is 5.29. The Bertz CT molecular complexity index is 378. The first-order chi connectivity index (χ1) is 8.15. The van der Waals surface area contributed by atoms with Crippen LogP contribution in [0, 0.1) is 5.41 Å². The zero-order valence-electron chi connectivity index (χ0n) is 10.5. The van der Waals surface area contributed by atoms with Gasteiger partial charge in [-0.3, -0.25) is 0 Å². The van der Waals surface area contributed by atoms with E-state index in [0.29, 0.717) is 5.92 Å². The molecule has 1 aliphatic rings. The van der Waals surface area contributed by atoms with Crippen molar-refractivity contribution in [3.8, 4) is 0 Å². The second-order valence-electron chi connectivity index (χ2n) is 5.15. The van der Waals surface area contributed by atoms with E-state index in [1.54, 1.807) is 7.11 Å². The molecule has 1 heterocycles. The van der Waals surface area contributed by atoms with Crippen LogP contribution in [-0.2, 0) is 4.74 Å². The minimum Gasteiger partial charge on any atom is -0.384 e. The Hall–Kier alpha value is -0.380. The van der Waals surface area contributed by atoms with Gasteiger partial charge < -0.3 is 10.1 Å². The van der Waals surface area contributed by atoms with Crippen molar-refractivity contribution in [2.75, 3.05) is 26.8 Å². The molecule has 0 bridgehead atoms. The van der Waals surface area contributed by atoms with Crippen LogP contribution in [0.15, 0.2) is 28.7 Å². The maximum Gasteiger partial charge on any atom is 0.0522 e. The van der Waals surface area contributed by atoms with Gasteiger partial charge in [-0.25, -0.2) is 0 Å². The molecule has 1 N–H and O–H groups in total. The third-order valence-electron chi connectivity index (χ3n) is 3.79. The zero-order chi connectivity index (χ0) is 12.3. The van der Waals surface area contributed by atoms with Crippen molar-refractivity contribution >= 4 is 15.9 Å². The Labute approximate surface area is 112 Å². The summed E-state index contributed by atoms with van der Waals surface area (Å²) in [6.07, 6.45) is 1.16. The van der Waals surface area contributed by atoms with Gasteiger partial charge in [-0.1, -0.05) is 35.0 Å². The molecular weight excluding hydrogens is 278 g/mol. The minimum atomic E-state index is 0.237. The maximum atomic E-state index is 5.43. The topological polar surface area (TPSA) is 21.3 Å². The number of rotatable bonds is 3. The number of methoxy groups -OCH3 is 1. The van der Waals surface area contributed by atoms with Crippen LogP contribution in [0.5, 0.6) is 0 Å². The molecule has 1 aliphatic heterocycles. The number of benzene rings is 1. The van der Waals surface area contributed by atoms with Crippen LogP contribution in [0.1, 0.15) is 24.8 Å². The van der Waals surface area contributed by atoms with Crippen LogP contribution in [-0.4, -0.2) is 26.8 Å². The summed E-state index contributed by atoms with van der Waals surface area (Å²) in [6, 6.07) is 8.64. The summed E-state index contributed by atoms with van der Waals surface area (Å²) in [5.74, 6) is 0.522. The molecule has 1 fully saturated rings. The van der Waals surface area contributed by atoms with Crippen LogP contribution in [0.4, 0.5) is 0 Å². The lowest BCUT2D eigenvalue weighted by Crippen LogP contribution is -2.44. The van der Waals surface area contributed by atoms with Crippen molar-refractivity contribution in [1.82, 2.24) is 5.32 Å². The molecule has 0 aromatic heterocycles.